The molecule has 0 amide bonds. The predicted octanol–water partition coefficient (Wildman–Crippen LogP) is 4.32. The Morgan fingerprint density at radius 3 is 2.86 bits per heavy atom. The zero-order valence-electron chi connectivity index (χ0n) is 13.7. The average Bonchev–Trinajstić information content (AvgIpc) is 2.46. The Morgan fingerprint density at radius 2 is 2.10 bits per heavy atom. The Morgan fingerprint density at radius 1 is 1.29 bits per heavy atom. The molecule has 2 heteroatoms. The highest BCUT2D eigenvalue weighted by molar-refractivity contribution is 5.29. The maximum absolute atomic E-state index is 11.7. The Hall–Kier alpha value is -0.890. The van der Waals surface area contributed by atoms with Crippen LogP contribution in [0.2, 0.25) is 0 Å². The number of aliphatic hydroxyl groups is 1. The van der Waals surface area contributed by atoms with Crippen LogP contribution in [0.4, 0.5) is 0 Å². The minimum Gasteiger partial charge on any atom is -0.389 e. The number of hydrogen-bond donors (Lipinski definition) is 1. The molecule has 1 heterocycles. The van der Waals surface area contributed by atoms with Crippen molar-refractivity contribution in [1.29, 1.82) is 0 Å². The van der Waals surface area contributed by atoms with Crippen LogP contribution in [0.5, 0.6) is 0 Å². The van der Waals surface area contributed by atoms with E-state index < -0.39 is 5.60 Å². The zero-order valence-corrected chi connectivity index (χ0v) is 13.7. The van der Waals surface area contributed by atoms with E-state index in [1.807, 2.05) is 12.3 Å². The largest absolute Gasteiger partial charge is 0.389 e. The van der Waals surface area contributed by atoms with Crippen LogP contribution >= 0.6 is 0 Å². The normalized spacial score (nSPS) is 36.5. The predicted molar refractivity (Wildman–Crippen MR) is 86.2 cm³/mol. The van der Waals surface area contributed by atoms with E-state index in [0.29, 0.717) is 17.8 Å². The summed E-state index contributed by atoms with van der Waals surface area (Å²) in [7, 11) is 0. The number of fused-ring (bicyclic) bond motifs is 1. The van der Waals surface area contributed by atoms with Gasteiger partial charge in [0.05, 0.1) is 5.60 Å². The highest BCUT2D eigenvalue weighted by Crippen LogP contribution is 2.51. The third-order valence-corrected chi connectivity index (χ3v) is 5.89. The Labute approximate surface area is 129 Å². The van der Waals surface area contributed by atoms with Gasteiger partial charge in [-0.15, -0.1) is 0 Å². The number of rotatable bonds is 2. The van der Waals surface area contributed by atoms with E-state index in [9.17, 15) is 5.11 Å². The first kappa shape index (κ1) is 15.0. The first-order valence-corrected chi connectivity index (χ1v) is 8.68. The van der Waals surface area contributed by atoms with Crippen LogP contribution < -0.4 is 0 Å². The van der Waals surface area contributed by atoms with E-state index in [-0.39, 0.29) is 5.92 Å². The average molecular weight is 287 g/mol. The summed E-state index contributed by atoms with van der Waals surface area (Å²) in [6.45, 7) is 6.84. The summed E-state index contributed by atoms with van der Waals surface area (Å²) in [5.74, 6) is 1.81. The SMILES string of the molecule is CC1CCC(C(C)C)C(O)(C2CCCc3cccnc32)C1. The van der Waals surface area contributed by atoms with Crippen molar-refractivity contribution in [2.24, 2.45) is 17.8 Å². The first-order valence-electron chi connectivity index (χ1n) is 8.68. The molecular weight excluding hydrogens is 258 g/mol. The molecule has 2 nitrogen and oxygen atoms in total. The van der Waals surface area contributed by atoms with E-state index in [2.05, 4.69) is 31.8 Å². The molecule has 0 spiro atoms. The molecule has 1 saturated carbocycles. The Kier molecular flexibility index (Phi) is 4.09. The molecule has 1 N–H and O–H groups in total. The molecule has 0 saturated heterocycles. The minimum absolute atomic E-state index is 0.234. The van der Waals surface area contributed by atoms with E-state index in [4.69, 9.17) is 0 Å². The number of aromatic nitrogens is 1. The maximum atomic E-state index is 11.7. The van der Waals surface area contributed by atoms with Crippen molar-refractivity contribution in [3.05, 3.63) is 29.6 Å². The van der Waals surface area contributed by atoms with Gasteiger partial charge in [0.1, 0.15) is 0 Å². The second-order valence-electron chi connectivity index (χ2n) is 7.72. The lowest BCUT2D eigenvalue weighted by molar-refractivity contribution is -0.104. The molecule has 4 atom stereocenters. The summed E-state index contributed by atoms with van der Waals surface area (Å²) >= 11 is 0. The summed E-state index contributed by atoms with van der Waals surface area (Å²) in [4.78, 5) is 4.68. The molecule has 4 unspecified atom stereocenters. The molecule has 1 aromatic heterocycles. The monoisotopic (exact) mass is 287 g/mol. The quantitative estimate of drug-likeness (QED) is 0.878. The van der Waals surface area contributed by atoms with Gasteiger partial charge in [-0.2, -0.15) is 0 Å². The van der Waals surface area contributed by atoms with Gasteiger partial charge >= 0.3 is 0 Å². The Balaban J connectivity index is 2.00. The van der Waals surface area contributed by atoms with E-state index in [1.165, 1.54) is 24.1 Å². The number of hydrogen-bond acceptors (Lipinski definition) is 2. The third kappa shape index (κ3) is 2.63. The topological polar surface area (TPSA) is 33.1 Å². The molecule has 2 aliphatic carbocycles. The smallest absolute Gasteiger partial charge is 0.0764 e. The molecule has 0 aliphatic heterocycles. The lowest BCUT2D eigenvalue weighted by Gasteiger charge is -2.50. The van der Waals surface area contributed by atoms with Crippen molar-refractivity contribution in [3.8, 4) is 0 Å². The highest BCUT2D eigenvalue weighted by Gasteiger charge is 2.49. The van der Waals surface area contributed by atoms with Crippen LogP contribution in [0.1, 0.15) is 70.1 Å². The molecular formula is C19H29NO. The molecule has 1 fully saturated rings. The van der Waals surface area contributed by atoms with Crippen molar-refractivity contribution < 1.29 is 5.11 Å². The lowest BCUT2D eigenvalue weighted by Crippen LogP contribution is -2.51. The summed E-state index contributed by atoms with van der Waals surface area (Å²) in [6.07, 6.45) is 8.66. The summed E-state index contributed by atoms with van der Waals surface area (Å²) in [5, 5.41) is 11.7. The van der Waals surface area contributed by atoms with Crippen LogP contribution in [0.25, 0.3) is 0 Å². The number of nitrogens with zero attached hydrogens (tertiary/aromatic N) is 1. The Bertz CT molecular complexity index is 498. The van der Waals surface area contributed by atoms with Gasteiger partial charge < -0.3 is 5.11 Å². The van der Waals surface area contributed by atoms with Gasteiger partial charge in [0.15, 0.2) is 0 Å². The summed E-state index contributed by atoms with van der Waals surface area (Å²) in [6, 6.07) is 4.24. The molecule has 1 aromatic rings. The summed E-state index contributed by atoms with van der Waals surface area (Å²) < 4.78 is 0. The van der Waals surface area contributed by atoms with Gasteiger partial charge in [0, 0.05) is 17.8 Å². The van der Waals surface area contributed by atoms with Crippen LogP contribution in [0, 0.1) is 17.8 Å². The lowest BCUT2D eigenvalue weighted by atomic mass is 9.59. The fourth-order valence-electron chi connectivity index (χ4n) is 4.93. The molecule has 3 rings (SSSR count). The van der Waals surface area contributed by atoms with Crippen LogP contribution in [0.15, 0.2) is 18.3 Å². The van der Waals surface area contributed by atoms with Crippen LogP contribution in [-0.2, 0) is 6.42 Å². The van der Waals surface area contributed by atoms with Gasteiger partial charge in [0.25, 0.3) is 0 Å². The minimum atomic E-state index is -0.560. The molecule has 0 radical (unpaired) electrons. The van der Waals surface area contributed by atoms with Gasteiger partial charge in [-0.3, -0.25) is 4.98 Å². The van der Waals surface area contributed by atoms with Gasteiger partial charge in [-0.05, 0) is 61.5 Å². The molecule has 0 bridgehead atoms. The van der Waals surface area contributed by atoms with Crippen molar-refractivity contribution >= 4 is 0 Å². The second-order valence-corrected chi connectivity index (χ2v) is 7.72. The summed E-state index contributed by atoms with van der Waals surface area (Å²) in [5.41, 5.74) is 1.99. The number of pyridine rings is 1. The fraction of sp³-hybridized carbons (Fsp3) is 0.737. The van der Waals surface area contributed by atoms with Crippen LogP contribution in [-0.4, -0.2) is 15.7 Å². The number of aryl methyl sites for hydroxylation is 1. The second kappa shape index (κ2) is 5.72. The first-order chi connectivity index (χ1) is 10.0. The molecule has 116 valence electrons. The van der Waals surface area contributed by atoms with Gasteiger partial charge in [-0.1, -0.05) is 33.3 Å². The fourth-order valence-corrected chi connectivity index (χ4v) is 4.93. The van der Waals surface area contributed by atoms with Crippen molar-refractivity contribution in [2.45, 2.75) is 70.8 Å². The zero-order chi connectivity index (χ0) is 15.0. The van der Waals surface area contributed by atoms with Crippen LogP contribution in [0.3, 0.4) is 0 Å². The molecule has 2 aliphatic rings. The molecule has 0 aromatic carbocycles. The van der Waals surface area contributed by atoms with Gasteiger partial charge in [0.2, 0.25) is 0 Å². The van der Waals surface area contributed by atoms with Crippen molar-refractivity contribution in [1.82, 2.24) is 4.98 Å². The van der Waals surface area contributed by atoms with E-state index in [0.717, 1.165) is 25.7 Å². The van der Waals surface area contributed by atoms with Gasteiger partial charge in [-0.25, -0.2) is 0 Å². The van der Waals surface area contributed by atoms with E-state index in [1.54, 1.807) is 0 Å². The standard InChI is InChI=1S/C19H29NO/c1-13(2)16-10-9-14(3)12-19(16,21)17-8-4-6-15-7-5-11-20-18(15)17/h5,7,11,13-14,16-17,21H,4,6,8-10,12H2,1-3H3. The van der Waals surface area contributed by atoms with E-state index >= 15 is 0 Å². The molecule has 21 heavy (non-hydrogen) atoms. The third-order valence-electron chi connectivity index (χ3n) is 5.89. The maximum Gasteiger partial charge on any atom is 0.0764 e. The van der Waals surface area contributed by atoms with Crippen molar-refractivity contribution in [3.63, 3.8) is 0 Å². The van der Waals surface area contributed by atoms with Crippen molar-refractivity contribution in [2.75, 3.05) is 0 Å². The highest BCUT2D eigenvalue weighted by atomic mass is 16.3.